The molecule has 2 atom stereocenters. The highest BCUT2D eigenvalue weighted by Gasteiger charge is 2.20. The van der Waals surface area contributed by atoms with Crippen LogP contribution in [0.1, 0.15) is 27.2 Å². The van der Waals surface area contributed by atoms with E-state index in [4.69, 9.17) is 10.8 Å². The lowest BCUT2D eigenvalue weighted by atomic mass is 9.94. The average molecular weight is 159 g/mol. The molecular weight excluding hydrogens is 142 g/mol. The predicted molar refractivity (Wildman–Crippen MR) is 44.2 cm³/mol. The van der Waals surface area contributed by atoms with E-state index in [0.717, 1.165) is 6.42 Å². The Morgan fingerprint density at radius 3 is 2.18 bits per heavy atom. The van der Waals surface area contributed by atoms with Crippen LogP contribution in [0.3, 0.4) is 0 Å². The van der Waals surface area contributed by atoms with Crippen molar-refractivity contribution in [3.8, 4) is 0 Å². The van der Waals surface area contributed by atoms with Gasteiger partial charge in [-0.2, -0.15) is 0 Å². The average Bonchev–Trinajstić information content (AvgIpc) is 1.84. The van der Waals surface area contributed by atoms with Crippen molar-refractivity contribution in [2.75, 3.05) is 0 Å². The lowest BCUT2D eigenvalue weighted by Crippen LogP contribution is -2.34. The largest absolute Gasteiger partial charge is 0.481 e. The zero-order valence-electron chi connectivity index (χ0n) is 7.37. The summed E-state index contributed by atoms with van der Waals surface area (Å²) in [5, 5.41) is 8.59. The maximum atomic E-state index is 10.4. The van der Waals surface area contributed by atoms with E-state index in [1.807, 2.05) is 13.8 Å². The van der Waals surface area contributed by atoms with Gasteiger partial charge in [0, 0.05) is 6.04 Å². The van der Waals surface area contributed by atoms with Crippen LogP contribution in [0.5, 0.6) is 0 Å². The summed E-state index contributed by atoms with van der Waals surface area (Å²) in [6.07, 6.45) is 0.771. The van der Waals surface area contributed by atoms with E-state index in [2.05, 4.69) is 0 Å². The van der Waals surface area contributed by atoms with E-state index in [1.165, 1.54) is 0 Å². The molecule has 0 aromatic rings. The van der Waals surface area contributed by atoms with Gasteiger partial charge in [0.25, 0.3) is 0 Å². The molecule has 11 heavy (non-hydrogen) atoms. The number of nitrogens with two attached hydrogens (primary N) is 1. The molecule has 0 fully saturated rings. The van der Waals surface area contributed by atoms with E-state index >= 15 is 0 Å². The molecule has 1 unspecified atom stereocenters. The summed E-state index contributed by atoms with van der Waals surface area (Å²) in [5.74, 6) is -0.776. The molecule has 0 aromatic carbocycles. The van der Waals surface area contributed by atoms with Gasteiger partial charge < -0.3 is 10.8 Å². The van der Waals surface area contributed by atoms with Crippen molar-refractivity contribution in [2.24, 2.45) is 17.6 Å². The van der Waals surface area contributed by atoms with Crippen LogP contribution >= 0.6 is 0 Å². The van der Waals surface area contributed by atoms with Gasteiger partial charge in [-0.3, -0.25) is 4.79 Å². The molecule has 0 spiro atoms. The van der Waals surface area contributed by atoms with Crippen molar-refractivity contribution in [3.05, 3.63) is 0 Å². The van der Waals surface area contributed by atoms with E-state index in [1.54, 1.807) is 6.92 Å². The summed E-state index contributed by atoms with van der Waals surface area (Å²) < 4.78 is 0. The molecule has 66 valence electrons. The van der Waals surface area contributed by atoms with Gasteiger partial charge in [-0.05, 0) is 12.3 Å². The molecule has 0 heterocycles. The highest BCUT2D eigenvalue weighted by Crippen LogP contribution is 2.10. The molecule has 0 bridgehead atoms. The normalized spacial score (nSPS) is 16.5. The maximum Gasteiger partial charge on any atom is 0.307 e. The molecule has 0 amide bonds. The van der Waals surface area contributed by atoms with Crippen LogP contribution in [0.25, 0.3) is 0 Å². The van der Waals surface area contributed by atoms with E-state index in [-0.39, 0.29) is 6.04 Å². The van der Waals surface area contributed by atoms with Crippen LogP contribution in [0.15, 0.2) is 0 Å². The van der Waals surface area contributed by atoms with Gasteiger partial charge in [-0.1, -0.05) is 20.8 Å². The van der Waals surface area contributed by atoms with Crippen molar-refractivity contribution in [3.63, 3.8) is 0 Å². The minimum absolute atomic E-state index is 0.215. The van der Waals surface area contributed by atoms with Crippen molar-refractivity contribution < 1.29 is 9.90 Å². The summed E-state index contributed by atoms with van der Waals surface area (Å²) in [5.41, 5.74) is 5.64. The highest BCUT2D eigenvalue weighted by atomic mass is 16.4. The molecule has 0 aromatic heterocycles. The summed E-state index contributed by atoms with van der Waals surface area (Å²) in [7, 11) is 0. The van der Waals surface area contributed by atoms with Crippen LogP contribution in [0.4, 0.5) is 0 Å². The quantitative estimate of drug-likeness (QED) is 0.645. The van der Waals surface area contributed by atoms with E-state index < -0.39 is 11.9 Å². The molecule has 0 aliphatic rings. The number of carbonyl (C=O) groups is 1. The highest BCUT2D eigenvalue weighted by molar-refractivity contribution is 5.70. The Balaban J connectivity index is 3.82. The van der Waals surface area contributed by atoms with Crippen molar-refractivity contribution in [2.45, 2.75) is 33.2 Å². The smallest absolute Gasteiger partial charge is 0.307 e. The summed E-state index contributed by atoms with van der Waals surface area (Å²) in [6, 6.07) is -0.215. The van der Waals surface area contributed by atoms with Crippen molar-refractivity contribution >= 4 is 5.97 Å². The Morgan fingerprint density at radius 1 is 1.45 bits per heavy atom. The van der Waals surface area contributed by atoms with Gasteiger partial charge in [0.1, 0.15) is 0 Å². The first-order valence-electron chi connectivity index (χ1n) is 3.93. The zero-order chi connectivity index (χ0) is 9.02. The molecule has 0 saturated carbocycles. The number of carboxylic acids is 1. The zero-order valence-corrected chi connectivity index (χ0v) is 7.37. The van der Waals surface area contributed by atoms with E-state index in [0.29, 0.717) is 5.92 Å². The molecule has 0 aliphatic heterocycles. The fraction of sp³-hybridized carbons (Fsp3) is 0.875. The monoisotopic (exact) mass is 159 g/mol. The fourth-order valence-electron chi connectivity index (χ4n) is 0.932. The number of aliphatic carboxylic acids is 1. The Bertz CT molecular complexity index is 134. The number of hydrogen-bond donors (Lipinski definition) is 2. The first-order chi connectivity index (χ1) is 4.95. The first kappa shape index (κ1) is 10.4. The second-order valence-electron chi connectivity index (χ2n) is 3.42. The molecule has 3 nitrogen and oxygen atoms in total. The minimum Gasteiger partial charge on any atom is -0.481 e. The molecule has 0 aliphatic carbocycles. The number of carboxylic acid groups (broad SMARTS) is 1. The molecule has 0 saturated heterocycles. The first-order valence-corrected chi connectivity index (χ1v) is 3.93. The predicted octanol–water partition coefficient (Wildman–Crippen LogP) is 1.08. The van der Waals surface area contributed by atoms with E-state index in [9.17, 15) is 4.79 Å². The molecule has 3 heteroatoms. The maximum absolute atomic E-state index is 10.4. The lowest BCUT2D eigenvalue weighted by Gasteiger charge is -2.17. The molecule has 0 rings (SSSR count). The molecule has 3 N–H and O–H groups in total. The van der Waals surface area contributed by atoms with Crippen LogP contribution in [0.2, 0.25) is 0 Å². The second kappa shape index (κ2) is 4.34. The Kier molecular flexibility index (Phi) is 4.11. The summed E-state index contributed by atoms with van der Waals surface area (Å²) in [6.45, 7) is 5.72. The second-order valence-corrected chi connectivity index (χ2v) is 3.42. The van der Waals surface area contributed by atoms with Gasteiger partial charge in [0.15, 0.2) is 0 Å². The van der Waals surface area contributed by atoms with Crippen LogP contribution in [-0.4, -0.2) is 17.1 Å². The van der Waals surface area contributed by atoms with Crippen LogP contribution in [0, 0.1) is 11.8 Å². The van der Waals surface area contributed by atoms with Crippen molar-refractivity contribution in [1.82, 2.24) is 0 Å². The Morgan fingerprint density at radius 2 is 1.91 bits per heavy atom. The van der Waals surface area contributed by atoms with Gasteiger partial charge in [-0.15, -0.1) is 0 Å². The van der Waals surface area contributed by atoms with Crippen molar-refractivity contribution in [1.29, 1.82) is 0 Å². The van der Waals surface area contributed by atoms with Gasteiger partial charge >= 0.3 is 5.97 Å². The Labute approximate surface area is 67.6 Å². The fourth-order valence-corrected chi connectivity index (χ4v) is 0.932. The third kappa shape index (κ3) is 3.98. The Hall–Kier alpha value is -0.570. The minimum atomic E-state index is -0.807. The molecule has 0 radical (unpaired) electrons. The molecular formula is C8H17NO2. The number of rotatable bonds is 4. The third-order valence-corrected chi connectivity index (χ3v) is 1.78. The standard InChI is InChI=1S/C8H17NO2/c1-5(2)4-7(9)6(3)8(10)11/h5-7H,4,9H2,1-3H3,(H,10,11)/t6-,7?/m0/s1. The number of hydrogen-bond acceptors (Lipinski definition) is 2. The topological polar surface area (TPSA) is 63.3 Å². The van der Waals surface area contributed by atoms with Gasteiger partial charge in [-0.25, -0.2) is 0 Å². The summed E-state index contributed by atoms with van der Waals surface area (Å²) in [4.78, 5) is 10.4. The third-order valence-electron chi connectivity index (χ3n) is 1.78. The van der Waals surface area contributed by atoms with Crippen LogP contribution < -0.4 is 5.73 Å². The van der Waals surface area contributed by atoms with Gasteiger partial charge in [0.2, 0.25) is 0 Å². The summed E-state index contributed by atoms with van der Waals surface area (Å²) >= 11 is 0. The van der Waals surface area contributed by atoms with Gasteiger partial charge in [0.05, 0.1) is 5.92 Å². The SMILES string of the molecule is CC(C)CC(N)[C@H](C)C(=O)O. The van der Waals surface area contributed by atoms with Crippen LogP contribution in [-0.2, 0) is 4.79 Å². The lowest BCUT2D eigenvalue weighted by molar-refractivity contribution is -0.141.